The first kappa shape index (κ1) is 21.3. The van der Waals surface area contributed by atoms with Gasteiger partial charge in [0.2, 0.25) is 5.91 Å². The van der Waals surface area contributed by atoms with Crippen LogP contribution in [0.5, 0.6) is 0 Å². The van der Waals surface area contributed by atoms with Crippen molar-refractivity contribution in [1.29, 1.82) is 0 Å². The number of hydrogen-bond donors (Lipinski definition) is 2. The number of aromatic nitrogens is 2. The van der Waals surface area contributed by atoms with Gasteiger partial charge in [0.1, 0.15) is 6.04 Å². The Hall–Kier alpha value is -3.41. The number of hydrogen-bond acceptors (Lipinski definition) is 3. The molecule has 0 aliphatic carbocycles. The summed E-state index contributed by atoms with van der Waals surface area (Å²) < 4.78 is 1.80. The first-order valence-electron chi connectivity index (χ1n) is 10.3. The van der Waals surface area contributed by atoms with Crippen LogP contribution in [-0.2, 0) is 11.2 Å². The molecular formula is C24H28N4O2. The predicted octanol–water partition coefficient (Wildman–Crippen LogP) is 3.38. The highest BCUT2D eigenvalue weighted by atomic mass is 16.2. The van der Waals surface area contributed by atoms with Gasteiger partial charge in [-0.05, 0) is 48.2 Å². The number of amides is 2. The third-order valence-electron chi connectivity index (χ3n) is 5.24. The number of nitrogens with zero attached hydrogens (tertiary/aromatic N) is 2. The Bertz CT molecular complexity index is 937. The lowest BCUT2D eigenvalue weighted by molar-refractivity contribution is -0.124. The van der Waals surface area contributed by atoms with Crippen LogP contribution in [0.3, 0.4) is 0 Å². The fraction of sp³-hybridized carbons (Fsp3) is 0.292. The summed E-state index contributed by atoms with van der Waals surface area (Å²) in [6.45, 7) is 4.50. The zero-order valence-corrected chi connectivity index (χ0v) is 17.4. The molecule has 3 aromatic rings. The van der Waals surface area contributed by atoms with Gasteiger partial charge in [0.05, 0.1) is 5.69 Å². The molecule has 0 fully saturated rings. The lowest BCUT2D eigenvalue weighted by atomic mass is 9.97. The Balaban J connectivity index is 1.54. The van der Waals surface area contributed by atoms with Crippen molar-refractivity contribution in [3.05, 3.63) is 84.2 Å². The van der Waals surface area contributed by atoms with Gasteiger partial charge in [-0.1, -0.05) is 50.6 Å². The van der Waals surface area contributed by atoms with Gasteiger partial charge >= 0.3 is 0 Å². The Labute approximate surface area is 177 Å². The molecule has 3 rings (SSSR count). The molecule has 0 aliphatic rings. The first-order chi connectivity index (χ1) is 14.6. The van der Waals surface area contributed by atoms with Gasteiger partial charge in [0, 0.05) is 24.5 Å². The summed E-state index contributed by atoms with van der Waals surface area (Å²) in [4.78, 5) is 25.3. The van der Waals surface area contributed by atoms with Crippen molar-refractivity contribution < 1.29 is 9.59 Å². The van der Waals surface area contributed by atoms with E-state index in [-0.39, 0.29) is 17.7 Å². The van der Waals surface area contributed by atoms with E-state index in [1.807, 2.05) is 68.6 Å². The Morgan fingerprint density at radius 1 is 1.03 bits per heavy atom. The van der Waals surface area contributed by atoms with E-state index in [0.717, 1.165) is 17.7 Å². The maximum atomic E-state index is 12.8. The van der Waals surface area contributed by atoms with Crippen LogP contribution < -0.4 is 10.6 Å². The van der Waals surface area contributed by atoms with Crippen LogP contribution in [0.15, 0.2) is 73.1 Å². The fourth-order valence-corrected chi connectivity index (χ4v) is 3.19. The molecule has 2 amide bonds. The number of nitrogens with one attached hydrogen (secondary N) is 2. The molecule has 0 aliphatic heterocycles. The van der Waals surface area contributed by atoms with E-state index in [4.69, 9.17) is 0 Å². The van der Waals surface area contributed by atoms with Crippen molar-refractivity contribution >= 4 is 11.8 Å². The van der Waals surface area contributed by atoms with Crippen LogP contribution in [0.4, 0.5) is 0 Å². The summed E-state index contributed by atoms with van der Waals surface area (Å²) in [5.41, 5.74) is 2.67. The van der Waals surface area contributed by atoms with Crippen molar-refractivity contribution in [3.63, 3.8) is 0 Å². The van der Waals surface area contributed by atoms with Gasteiger partial charge in [-0.15, -0.1) is 0 Å². The van der Waals surface area contributed by atoms with Crippen molar-refractivity contribution in [2.45, 2.75) is 32.7 Å². The highest BCUT2D eigenvalue weighted by Crippen LogP contribution is 2.11. The van der Waals surface area contributed by atoms with Crippen molar-refractivity contribution in [3.8, 4) is 5.69 Å². The second kappa shape index (κ2) is 10.4. The highest BCUT2D eigenvalue weighted by Gasteiger charge is 2.26. The highest BCUT2D eigenvalue weighted by molar-refractivity contribution is 5.97. The van der Waals surface area contributed by atoms with Crippen LogP contribution in [0.1, 0.15) is 36.2 Å². The summed E-state index contributed by atoms with van der Waals surface area (Å²) in [7, 11) is 0. The summed E-state index contributed by atoms with van der Waals surface area (Å²) in [5.74, 6) is -0.349. The second-order valence-corrected chi connectivity index (χ2v) is 7.36. The lowest BCUT2D eigenvalue weighted by Crippen LogP contribution is -2.50. The molecule has 1 heterocycles. The average Bonchev–Trinajstić information content (AvgIpc) is 3.32. The molecule has 0 spiro atoms. The zero-order valence-electron chi connectivity index (χ0n) is 17.4. The molecule has 2 unspecified atom stereocenters. The third kappa shape index (κ3) is 5.56. The molecular weight excluding hydrogens is 376 g/mol. The molecule has 2 atom stereocenters. The topological polar surface area (TPSA) is 76.0 Å². The maximum Gasteiger partial charge on any atom is 0.251 e. The molecule has 6 nitrogen and oxygen atoms in total. The van der Waals surface area contributed by atoms with E-state index in [2.05, 4.69) is 15.7 Å². The molecule has 0 saturated heterocycles. The Morgan fingerprint density at radius 2 is 1.77 bits per heavy atom. The Kier molecular flexibility index (Phi) is 7.38. The van der Waals surface area contributed by atoms with Crippen LogP contribution in [0, 0.1) is 5.92 Å². The van der Waals surface area contributed by atoms with E-state index in [9.17, 15) is 9.59 Å². The summed E-state index contributed by atoms with van der Waals surface area (Å²) >= 11 is 0. The molecule has 156 valence electrons. The summed E-state index contributed by atoms with van der Waals surface area (Å²) in [6, 6.07) is 18.4. The number of carbonyl (C=O) groups is 2. The smallest absolute Gasteiger partial charge is 0.251 e. The predicted molar refractivity (Wildman–Crippen MR) is 117 cm³/mol. The SMILES string of the molecule is CCC(C)C(NC(=O)c1ccccc1)C(=O)NCCc1ccc(-n2cccn2)cc1. The monoisotopic (exact) mass is 404 g/mol. The number of rotatable bonds is 9. The van der Waals surface area contributed by atoms with Gasteiger partial charge in [0.15, 0.2) is 0 Å². The Morgan fingerprint density at radius 3 is 2.40 bits per heavy atom. The van der Waals surface area contributed by atoms with E-state index in [0.29, 0.717) is 18.5 Å². The fourth-order valence-electron chi connectivity index (χ4n) is 3.19. The van der Waals surface area contributed by atoms with Crippen LogP contribution >= 0.6 is 0 Å². The van der Waals surface area contributed by atoms with Crippen LogP contribution in [-0.4, -0.2) is 34.2 Å². The van der Waals surface area contributed by atoms with Crippen LogP contribution in [0.25, 0.3) is 5.69 Å². The van der Waals surface area contributed by atoms with Crippen molar-refractivity contribution in [2.24, 2.45) is 5.92 Å². The van der Waals surface area contributed by atoms with E-state index in [1.54, 1.807) is 23.0 Å². The van der Waals surface area contributed by atoms with Gasteiger partial charge < -0.3 is 10.6 Å². The molecule has 30 heavy (non-hydrogen) atoms. The van der Waals surface area contributed by atoms with E-state index < -0.39 is 6.04 Å². The average molecular weight is 405 g/mol. The van der Waals surface area contributed by atoms with Crippen LogP contribution in [0.2, 0.25) is 0 Å². The molecule has 0 saturated carbocycles. The third-order valence-corrected chi connectivity index (χ3v) is 5.24. The number of benzene rings is 2. The molecule has 2 N–H and O–H groups in total. The normalized spacial score (nSPS) is 12.7. The lowest BCUT2D eigenvalue weighted by Gasteiger charge is -2.23. The van der Waals surface area contributed by atoms with E-state index in [1.165, 1.54) is 0 Å². The maximum absolute atomic E-state index is 12.8. The molecule has 0 bridgehead atoms. The van der Waals surface area contributed by atoms with E-state index >= 15 is 0 Å². The zero-order chi connectivity index (χ0) is 21.3. The largest absolute Gasteiger partial charge is 0.354 e. The summed E-state index contributed by atoms with van der Waals surface area (Å²) in [5, 5.41) is 10.1. The minimum atomic E-state index is -0.565. The molecule has 0 radical (unpaired) electrons. The molecule has 6 heteroatoms. The molecule has 1 aromatic heterocycles. The summed E-state index contributed by atoms with van der Waals surface area (Å²) in [6.07, 6.45) is 5.15. The second-order valence-electron chi connectivity index (χ2n) is 7.36. The first-order valence-corrected chi connectivity index (χ1v) is 10.3. The van der Waals surface area contributed by atoms with Gasteiger partial charge in [0.25, 0.3) is 5.91 Å². The minimum Gasteiger partial charge on any atom is -0.354 e. The number of carbonyl (C=O) groups excluding carboxylic acids is 2. The minimum absolute atomic E-state index is 0.0333. The quantitative estimate of drug-likeness (QED) is 0.574. The van der Waals surface area contributed by atoms with Gasteiger partial charge in [-0.3, -0.25) is 9.59 Å². The molecule has 2 aromatic carbocycles. The van der Waals surface area contributed by atoms with Crippen molar-refractivity contribution in [1.82, 2.24) is 20.4 Å². The van der Waals surface area contributed by atoms with Gasteiger partial charge in [-0.25, -0.2) is 4.68 Å². The van der Waals surface area contributed by atoms with Gasteiger partial charge in [-0.2, -0.15) is 5.10 Å². The van der Waals surface area contributed by atoms with Crippen molar-refractivity contribution in [2.75, 3.05) is 6.54 Å². The standard InChI is InChI=1S/C24H28N4O2/c1-3-18(2)22(27-23(29)20-8-5-4-6-9-20)24(30)25-16-14-19-10-12-21(13-11-19)28-17-7-15-26-28/h4-13,15,17-18,22H,3,14,16H2,1-2H3,(H,25,30)(H,27,29).